The van der Waals surface area contributed by atoms with E-state index in [1.165, 1.54) is 44.9 Å². The third-order valence-corrected chi connectivity index (χ3v) is 10.3. The van der Waals surface area contributed by atoms with Crippen LogP contribution in [0.5, 0.6) is 0 Å². The van der Waals surface area contributed by atoms with Crippen molar-refractivity contribution < 1.29 is 0 Å². The normalized spacial score (nSPS) is 46.0. The molecule has 0 bridgehead atoms. The van der Waals surface area contributed by atoms with Crippen LogP contribution in [0.3, 0.4) is 0 Å². The number of allylic oxidation sites excluding steroid dienone is 4. The minimum atomic E-state index is 0.313. The van der Waals surface area contributed by atoms with Gasteiger partial charge in [-0.05, 0) is 106 Å². The van der Waals surface area contributed by atoms with Crippen LogP contribution in [0.15, 0.2) is 23.3 Å². The predicted molar refractivity (Wildman–Crippen MR) is 120 cm³/mol. The van der Waals surface area contributed by atoms with E-state index in [0.29, 0.717) is 34.2 Å². The maximum atomic E-state index is 6.48. The predicted octanol–water partition coefficient (Wildman–Crippen LogP) is 5.79. The first-order valence-corrected chi connectivity index (χ1v) is 11.8. The van der Waals surface area contributed by atoms with E-state index in [2.05, 4.69) is 65.8 Å². The fraction of sp³-hybridized carbons (Fsp3) is 0.846. The number of rotatable bonds is 2. The van der Waals surface area contributed by atoms with E-state index in [1.807, 2.05) is 0 Å². The Balaban J connectivity index is 1.69. The van der Waals surface area contributed by atoms with Crippen LogP contribution in [-0.4, -0.2) is 31.1 Å². The Labute approximate surface area is 174 Å². The molecule has 0 spiro atoms. The van der Waals surface area contributed by atoms with Gasteiger partial charge in [0.15, 0.2) is 0 Å². The van der Waals surface area contributed by atoms with E-state index in [4.69, 9.17) is 5.73 Å². The lowest BCUT2D eigenvalue weighted by atomic mass is 9.51. The number of nitrogens with zero attached hydrogens (tertiary/aromatic N) is 1. The third-order valence-electron chi connectivity index (χ3n) is 10.3. The minimum Gasteiger partial charge on any atom is -0.328 e. The van der Waals surface area contributed by atoms with Gasteiger partial charge < -0.3 is 10.6 Å². The SMILES string of the molecule is CC(N)C1CCC2(C)C3CCC4C(=CC3=CCC12C)CCC(N(C)C)C4(C)C. The second-order valence-electron chi connectivity index (χ2n) is 12.0. The summed E-state index contributed by atoms with van der Waals surface area (Å²) in [6.07, 6.45) is 14.5. The van der Waals surface area contributed by atoms with Gasteiger partial charge in [-0.1, -0.05) is 45.4 Å². The highest BCUT2D eigenvalue weighted by Crippen LogP contribution is 2.67. The van der Waals surface area contributed by atoms with Crippen LogP contribution in [0.2, 0.25) is 0 Å². The molecular formula is C26H44N2. The van der Waals surface area contributed by atoms with E-state index in [9.17, 15) is 0 Å². The van der Waals surface area contributed by atoms with Crippen LogP contribution >= 0.6 is 0 Å². The van der Waals surface area contributed by atoms with Gasteiger partial charge in [0.25, 0.3) is 0 Å². The summed E-state index contributed by atoms with van der Waals surface area (Å²) in [5, 5.41) is 0. The summed E-state index contributed by atoms with van der Waals surface area (Å²) in [6.45, 7) is 12.5. The molecule has 2 nitrogen and oxygen atoms in total. The Bertz CT molecular complexity index is 685. The molecule has 2 N–H and O–H groups in total. The second-order valence-corrected chi connectivity index (χ2v) is 12.0. The maximum absolute atomic E-state index is 6.48. The van der Waals surface area contributed by atoms with Crippen LogP contribution in [0.25, 0.3) is 0 Å². The van der Waals surface area contributed by atoms with Gasteiger partial charge in [0.1, 0.15) is 0 Å². The summed E-state index contributed by atoms with van der Waals surface area (Å²) in [5.74, 6) is 2.13. The molecule has 4 aliphatic rings. The van der Waals surface area contributed by atoms with Gasteiger partial charge in [0.2, 0.25) is 0 Å². The third kappa shape index (κ3) is 2.73. The molecule has 4 aliphatic carbocycles. The molecule has 158 valence electrons. The first-order valence-electron chi connectivity index (χ1n) is 11.8. The number of hydrogen-bond acceptors (Lipinski definition) is 2. The molecule has 0 aromatic rings. The second kappa shape index (κ2) is 6.71. The zero-order chi connectivity index (χ0) is 20.5. The molecule has 0 aromatic heterocycles. The van der Waals surface area contributed by atoms with E-state index < -0.39 is 0 Å². The first-order chi connectivity index (χ1) is 13.0. The molecule has 7 unspecified atom stereocenters. The maximum Gasteiger partial charge on any atom is 0.0149 e. The molecule has 0 aliphatic heterocycles. The van der Waals surface area contributed by atoms with Gasteiger partial charge >= 0.3 is 0 Å². The summed E-state index contributed by atoms with van der Waals surface area (Å²) >= 11 is 0. The van der Waals surface area contributed by atoms with Crippen LogP contribution in [-0.2, 0) is 0 Å². The first kappa shape index (κ1) is 20.7. The fourth-order valence-electron chi connectivity index (χ4n) is 8.53. The van der Waals surface area contributed by atoms with Crippen LogP contribution in [0.4, 0.5) is 0 Å². The molecule has 0 aromatic carbocycles. The standard InChI is InChI=1S/C26H44N2/c1-17(27)20-13-15-26(5)22-10-9-21-18(16-19(22)12-14-25(20,26)4)8-11-23(28(6)7)24(21,2)3/h12,16-17,20-23H,8-11,13-15,27H2,1-7H3. The summed E-state index contributed by atoms with van der Waals surface area (Å²) in [7, 11) is 4.55. The summed E-state index contributed by atoms with van der Waals surface area (Å²) < 4.78 is 0. The van der Waals surface area contributed by atoms with Crippen molar-refractivity contribution in [3.63, 3.8) is 0 Å². The highest BCUT2D eigenvalue weighted by Gasteiger charge is 2.60. The topological polar surface area (TPSA) is 29.3 Å². The van der Waals surface area contributed by atoms with Crippen LogP contribution < -0.4 is 5.73 Å². The van der Waals surface area contributed by atoms with Gasteiger partial charge in [0.05, 0.1) is 0 Å². The van der Waals surface area contributed by atoms with Crippen molar-refractivity contribution in [2.24, 2.45) is 39.7 Å². The average molecular weight is 385 g/mol. The Morgan fingerprint density at radius 2 is 1.68 bits per heavy atom. The summed E-state index contributed by atoms with van der Waals surface area (Å²) in [4.78, 5) is 2.48. The van der Waals surface area contributed by atoms with Crippen molar-refractivity contribution in [2.45, 2.75) is 91.6 Å². The molecule has 2 saturated carbocycles. The van der Waals surface area contributed by atoms with Crippen molar-refractivity contribution in [1.82, 2.24) is 4.90 Å². The fourth-order valence-corrected chi connectivity index (χ4v) is 8.53. The number of hydrogen-bond donors (Lipinski definition) is 1. The van der Waals surface area contributed by atoms with Crippen molar-refractivity contribution in [2.75, 3.05) is 14.1 Å². The molecule has 2 heteroatoms. The van der Waals surface area contributed by atoms with E-state index in [1.54, 1.807) is 11.1 Å². The minimum absolute atomic E-state index is 0.313. The molecular weight excluding hydrogens is 340 g/mol. The zero-order valence-electron chi connectivity index (χ0n) is 19.5. The molecule has 0 saturated heterocycles. The van der Waals surface area contributed by atoms with Gasteiger partial charge in [-0.3, -0.25) is 0 Å². The van der Waals surface area contributed by atoms with Crippen molar-refractivity contribution in [1.29, 1.82) is 0 Å². The van der Waals surface area contributed by atoms with E-state index >= 15 is 0 Å². The van der Waals surface area contributed by atoms with E-state index in [0.717, 1.165) is 11.8 Å². The monoisotopic (exact) mass is 384 g/mol. The highest BCUT2D eigenvalue weighted by atomic mass is 15.1. The molecule has 0 radical (unpaired) electrons. The average Bonchev–Trinajstić information content (AvgIpc) is 2.75. The molecule has 2 fully saturated rings. The van der Waals surface area contributed by atoms with Gasteiger partial charge in [-0.15, -0.1) is 0 Å². The van der Waals surface area contributed by atoms with Crippen molar-refractivity contribution >= 4 is 0 Å². The van der Waals surface area contributed by atoms with Crippen LogP contribution in [0.1, 0.15) is 79.6 Å². The molecule has 28 heavy (non-hydrogen) atoms. The summed E-state index contributed by atoms with van der Waals surface area (Å²) in [6, 6.07) is 1.01. The lowest BCUT2D eigenvalue weighted by Gasteiger charge is -2.53. The van der Waals surface area contributed by atoms with Gasteiger partial charge in [-0.25, -0.2) is 0 Å². The molecule has 4 rings (SSSR count). The Morgan fingerprint density at radius 3 is 2.32 bits per heavy atom. The summed E-state index contributed by atoms with van der Waals surface area (Å²) in [5.41, 5.74) is 11.1. The van der Waals surface area contributed by atoms with Gasteiger partial charge in [-0.2, -0.15) is 0 Å². The Morgan fingerprint density at radius 1 is 1.00 bits per heavy atom. The zero-order valence-corrected chi connectivity index (χ0v) is 19.5. The highest BCUT2D eigenvalue weighted by molar-refractivity contribution is 5.37. The lowest BCUT2D eigenvalue weighted by molar-refractivity contribution is 0.00141. The quantitative estimate of drug-likeness (QED) is 0.653. The smallest absolute Gasteiger partial charge is 0.0149 e. The van der Waals surface area contributed by atoms with Crippen molar-refractivity contribution in [3.8, 4) is 0 Å². The Hall–Kier alpha value is -0.600. The number of fused-ring (bicyclic) bond motifs is 4. The largest absolute Gasteiger partial charge is 0.328 e. The van der Waals surface area contributed by atoms with Crippen LogP contribution in [0, 0.1) is 34.0 Å². The molecule has 0 heterocycles. The van der Waals surface area contributed by atoms with Crippen molar-refractivity contribution in [3.05, 3.63) is 23.3 Å². The van der Waals surface area contributed by atoms with Gasteiger partial charge in [0, 0.05) is 12.1 Å². The molecule has 7 atom stereocenters. The lowest BCUT2D eigenvalue weighted by Crippen LogP contribution is -2.49. The number of nitrogens with two attached hydrogens (primary N) is 1. The van der Waals surface area contributed by atoms with E-state index in [-0.39, 0.29) is 0 Å². The molecule has 0 amide bonds. The Kier molecular flexibility index (Phi) is 4.95.